The van der Waals surface area contributed by atoms with Gasteiger partial charge in [0.25, 0.3) is 0 Å². The summed E-state index contributed by atoms with van der Waals surface area (Å²) in [7, 11) is 0. The zero-order valence-corrected chi connectivity index (χ0v) is 35.4. The molecule has 0 aliphatic heterocycles. The summed E-state index contributed by atoms with van der Waals surface area (Å²) in [5.41, 5.74) is 24.3. The Morgan fingerprint density at radius 3 is 1.31 bits per heavy atom. The van der Waals surface area contributed by atoms with Gasteiger partial charge in [-0.1, -0.05) is 171 Å². The van der Waals surface area contributed by atoms with Gasteiger partial charge >= 0.3 is 0 Å². The quantitative estimate of drug-likeness (QED) is 0.165. The molecule has 9 aromatic rings. The van der Waals surface area contributed by atoms with Crippen molar-refractivity contribution in [2.24, 2.45) is 0 Å². The van der Waals surface area contributed by atoms with Crippen molar-refractivity contribution in [3.63, 3.8) is 0 Å². The molecule has 0 N–H and O–H groups in total. The molecule has 0 atom stereocenters. The van der Waals surface area contributed by atoms with Crippen LogP contribution in [0.5, 0.6) is 0 Å². The van der Waals surface area contributed by atoms with Crippen LogP contribution in [0.3, 0.4) is 0 Å². The molecule has 0 spiro atoms. The zero-order chi connectivity index (χ0) is 40.3. The van der Waals surface area contributed by atoms with Crippen molar-refractivity contribution in [2.75, 3.05) is 0 Å². The Labute approximate surface area is 348 Å². The molecule has 0 unspecified atom stereocenters. The number of fused-ring (bicyclic) bond motifs is 10. The second kappa shape index (κ2) is 11.5. The third kappa shape index (κ3) is 4.78. The van der Waals surface area contributed by atoms with Gasteiger partial charge in [-0.05, 0) is 174 Å². The van der Waals surface area contributed by atoms with E-state index in [1.54, 1.807) is 0 Å². The summed E-state index contributed by atoms with van der Waals surface area (Å²) in [6.45, 7) is 18.6. The van der Waals surface area contributed by atoms with Gasteiger partial charge in [-0.15, -0.1) is 0 Å². The van der Waals surface area contributed by atoms with E-state index in [1.165, 1.54) is 132 Å². The fourth-order valence-electron chi connectivity index (χ4n) is 11.0. The summed E-state index contributed by atoms with van der Waals surface area (Å²) in [6, 6.07) is 56.7. The van der Waals surface area contributed by atoms with E-state index in [0.29, 0.717) is 0 Å². The zero-order valence-electron chi connectivity index (χ0n) is 35.4. The highest BCUT2D eigenvalue weighted by Crippen LogP contribution is 2.55. The summed E-state index contributed by atoms with van der Waals surface area (Å²) in [5.74, 6) is 0. The van der Waals surface area contributed by atoms with Gasteiger partial charge in [0.05, 0.1) is 0 Å². The van der Waals surface area contributed by atoms with Crippen LogP contribution in [-0.4, -0.2) is 0 Å². The number of benzene rings is 9. The van der Waals surface area contributed by atoms with Gasteiger partial charge in [-0.2, -0.15) is 0 Å². The molecule has 0 fully saturated rings. The van der Waals surface area contributed by atoms with Crippen LogP contribution < -0.4 is 0 Å². The molecule has 284 valence electrons. The van der Waals surface area contributed by atoms with Crippen molar-refractivity contribution < 1.29 is 0 Å². The molecule has 59 heavy (non-hydrogen) atoms. The summed E-state index contributed by atoms with van der Waals surface area (Å²) >= 11 is 0. The van der Waals surface area contributed by atoms with Crippen LogP contribution in [0.4, 0.5) is 0 Å². The predicted molar refractivity (Wildman–Crippen MR) is 254 cm³/mol. The Kier molecular flexibility index (Phi) is 6.77. The molecule has 9 aromatic carbocycles. The molecule has 0 saturated heterocycles. The largest absolute Gasteiger partial charge is 0.0610 e. The first-order valence-corrected chi connectivity index (χ1v) is 21.4. The average Bonchev–Trinajstić information content (AvgIpc) is 3.80. The first-order valence-electron chi connectivity index (χ1n) is 21.4. The van der Waals surface area contributed by atoms with Gasteiger partial charge in [-0.25, -0.2) is 0 Å². The van der Waals surface area contributed by atoms with Crippen molar-refractivity contribution in [3.8, 4) is 77.9 Å². The number of hydrogen-bond acceptors (Lipinski definition) is 0. The highest BCUT2D eigenvalue weighted by Gasteiger charge is 2.36. The van der Waals surface area contributed by atoms with E-state index in [9.17, 15) is 0 Å². The van der Waals surface area contributed by atoms with Gasteiger partial charge in [0.1, 0.15) is 0 Å². The van der Waals surface area contributed by atoms with Crippen molar-refractivity contribution >= 4 is 32.3 Å². The van der Waals surface area contributed by atoms with Gasteiger partial charge in [0, 0.05) is 5.41 Å². The Morgan fingerprint density at radius 2 is 0.746 bits per heavy atom. The molecule has 0 nitrogen and oxygen atoms in total. The lowest BCUT2D eigenvalue weighted by Crippen LogP contribution is -2.15. The highest BCUT2D eigenvalue weighted by atomic mass is 14.4. The first kappa shape index (κ1) is 34.8. The molecule has 0 saturated carbocycles. The Hall–Kier alpha value is -6.24. The maximum atomic E-state index is 2.49. The van der Waals surface area contributed by atoms with E-state index in [2.05, 4.69) is 201 Å². The molecular formula is C59H48. The smallest absolute Gasteiger partial charge is 0.0159 e. The van der Waals surface area contributed by atoms with Gasteiger partial charge in [-0.3, -0.25) is 0 Å². The van der Waals surface area contributed by atoms with Crippen molar-refractivity contribution in [3.05, 3.63) is 168 Å². The number of hydrogen-bond donors (Lipinski definition) is 0. The molecule has 0 amide bonds. The van der Waals surface area contributed by atoms with Crippen LogP contribution >= 0.6 is 0 Å². The monoisotopic (exact) mass is 756 g/mol. The minimum absolute atomic E-state index is 0.105. The summed E-state index contributed by atoms with van der Waals surface area (Å²) in [6.07, 6.45) is 0. The van der Waals surface area contributed by atoms with Crippen molar-refractivity contribution in [1.29, 1.82) is 0 Å². The van der Waals surface area contributed by atoms with Gasteiger partial charge in [0.2, 0.25) is 0 Å². The topological polar surface area (TPSA) is 0 Å². The van der Waals surface area contributed by atoms with E-state index >= 15 is 0 Å². The lowest BCUT2D eigenvalue weighted by atomic mass is 9.80. The molecule has 0 heterocycles. The fourth-order valence-corrected chi connectivity index (χ4v) is 11.0. The van der Waals surface area contributed by atoms with E-state index < -0.39 is 0 Å². The fraction of sp³-hybridized carbons (Fsp3) is 0.186. The van der Waals surface area contributed by atoms with E-state index in [-0.39, 0.29) is 16.2 Å². The van der Waals surface area contributed by atoms with Gasteiger partial charge in [0.15, 0.2) is 0 Å². The summed E-state index contributed by atoms with van der Waals surface area (Å²) in [4.78, 5) is 0. The van der Waals surface area contributed by atoms with Crippen LogP contribution in [0, 0.1) is 0 Å². The summed E-state index contributed by atoms with van der Waals surface area (Å²) in [5, 5.41) is 8.05. The SMILES string of the molecule is CC(C)(C)c1ccc2c(c1)-c1ccc(-c3ccc4c(c3)C(C)(C)c3cc(-c5ccc6c7c(cccc57)-c5cc7ccc(C(C)(C)C)cc7cc5-6)ccc3-4)c3cccc-2c13. The molecular weight excluding hydrogens is 709 g/mol. The van der Waals surface area contributed by atoms with Gasteiger partial charge < -0.3 is 0 Å². The average molecular weight is 757 g/mol. The lowest BCUT2D eigenvalue weighted by molar-refractivity contribution is 0.590. The molecule has 0 radical (unpaired) electrons. The summed E-state index contributed by atoms with van der Waals surface area (Å²) < 4.78 is 0. The van der Waals surface area contributed by atoms with Crippen molar-refractivity contribution in [1.82, 2.24) is 0 Å². The first-order chi connectivity index (χ1) is 28.3. The van der Waals surface area contributed by atoms with Crippen LogP contribution in [-0.2, 0) is 16.2 Å². The molecule has 3 aliphatic rings. The minimum Gasteiger partial charge on any atom is -0.0610 e. The molecule has 0 heteroatoms. The molecule has 0 bridgehead atoms. The highest BCUT2D eigenvalue weighted by molar-refractivity contribution is 6.21. The standard InChI is InChI=1S/C59H48/c1-57(2,3)37-18-15-33-28-50-47-14-10-12-45-40(23-25-48(56(45)47)51(50)29-36(33)27-37)35-17-21-43-42-20-16-34(30-53(42)59(7,8)54(43)31-35)39-24-26-49-52-32-38(58(4,5)6)19-22-41(52)46-13-9-11-44(39)55(46)49/h9-32H,1-8H3. The molecule has 3 aliphatic carbocycles. The van der Waals surface area contributed by atoms with Crippen LogP contribution in [0.15, 0.2) is 146 Å². The van der Waals surface area contributed by atoms with E-state index in [4.69, 9.17) is 0 Å². The third-order valence-electron chi connectivity index (χ3n) is 14.3. The Morgan fingerprint density at radius 1 is 0.322 bits per heavy atom. The van der Waals surface area contributed by atoms with Crippen LogP contribution in [0.25, 0.3) is 110 Å². The van der Waals surface area contributed by atoms with Crippen LogP contribution in [0.2, 0.25) is 0 Å². The maximum Gasteiger partial charge on any atom is 0.0159 e. The second-order valence-electron chi connectivity index (χ2n) is 20.1. The normalized spacial score (nSPS) is 14.2. The Bertz CT molecular complexity index is 3350. The maximum absolute atomic E-state index is 2.49. The third-order valence-corrected chi connectivity index (χ3v) is 14.3. The van der Waals surface area contributed by atoms with E-state index in [0.717, 1.165) is 0 Å². The van der Waals surface area contributed by atoms with E-state index in [1.807, 2.05) is 0 Å². The Balaban J connectivity index is 0.938. The lowest BCUT2D eigenvalue weighted by Gasteiger charge is -2.23. The number of rotatable bonds is 2. The van der Waals surface area contributed by atoms with Crippen LogP contribution in [0.1, 0.15) is 77.6 Å². The molecule has 0 aromatic heterocycles. The van der Waals surface area contributed by atoms with Crippen molar-refractivity contribution in [2.45, 2.75) is 71.6 Å². The molecule has 12 rings (SSSR count). The second-order valence-corrected chi connectivity index (χ2v) is 20.1. The predicted octanol–water partition coefficient (Wildman–Crippen LogP) is 16.7. The minimum atomic E-state index is -0.151.